The van der Waals surface area contributed by atoms with E-state index in [1.54, 1.807) is 13.2 Å². The van der Waals surface area contributed by atoms with Crippen molar-refractivity contribution in [2.24, 2.45) is 5.92 Å². The molecule has 5 rings (SSSR count). The Morgan fingerprint density at radius 3 is 2.80 bits per heavy atom. The van der Waals surface area contributed by atoms with E-state index in [4.69, 9.17) is 9.15 Å². The average Bonchev–Trinajstić information content (AvgIpc) is 2.90. The molecule has 3 aromatic rings. The fraction of sp³-hybridized carbons (Fsp3) is 0.448. The summed E-state index contributed by atoms with van der Waals surface area (Å²) in [5.41, 5.74) is 1.90. The quantitative estimate of drug-likeness (QED) is 0.460. The largest absolute Gasteiger partial charge is 0.422 e. The molecule has 0 spiro atoms. The van der Waals surface area contributed by atoms with Crippen molar-refractivity contribution < 1.29 is 13.9 Å². The van der Waals surface area contributed by atoms with Gasteiger partial charge in [0.15, 0.2) is 0 Å². The molecule has 2 saturated heterocycles. The third kappa shape index (κ3) is 5.19. The van der Waals surface area contributed by atoms with Gasteiger partial charge in [0.05, 0.1) is 12.2 Å². The van der Waals surface area contributed by atoms with Crippen molar-refractivity contribution in [3.8, 4) is 11.1 Å². The Kier molecular flexibility index (Phi) is 7.30. The molecule has 2 fully saturated rings. The van der Waals surface area contributed by atoms with Crippen LogP contribution in [0.3, 0.4) is 0 Å². The van der Waals surface area contributed by atoms with Crippen molar-refractivity contribution >= 4 is 16.9 Å². The molecular formula is C29H34N2O4. The molecule has 2 atom stereocenters. The maximum absolute atomic E-state index is 13.7. The van der Waals surface area contributed by atoms with E-state index < -0.39 is 5.63 Å². The zero-order valence-corrected chi connectivity index (χ0v) is 20.4. The van der Waals surface area contributed by atoms with Crippen molar-refractivity contribution in [3.05, 3.63) is 70.6 Å². The van der Waals surface area contributed by atoms with Crippen LogP contribution in [-0.4, -0.2) is 61.6 Å². The van der Waals surface area contributed by atoms with Gasteiger partial charge in [0.2, 0.25) is 0 Å². The summed E-state index contributed by atoms with van der Waals surface area (Å²) < 4.78 is 10.9. The second kappa shape index (κ2) is 10.8. The molecule has 0 aliphatic carbocycles. The number of benzene rings is 2. The molecule has 0 bridgehead atoms. The molecule has 0 radical (unpaired) electrons. The number of ether oxygens (including phenoxy) is 1. The molecule has 2 aliphatic rings. The van der Waals surface area contributed by atoms with Crippen LogP contribution in [0.5, 0.6) is 0 Å². The van der Waals surface area contributed by atoms with Crippen molar-refractivity contribution in [3.63, 3.8) is 0 Å². The molecular weight excluding hydrogens is 440 g/mol. The Morgan fingerprint density at radius 1 is 1.06 bits per heavy atom. The minimum Gasteiger partial charge on any atom is -0.422 e. The lowest BCUT2D eigenvalue weighted by Crippen LogP contribution is -2.52. The molecule has 2 unspecified atom stereocenters. The zero-order chi connectivity index (χ0) is 24.2. The van der Waals surface area contributed by atoms with E-state index in [2.05, 4.69) is 4.90 Å². The molecule has 6 nitrogen and oxygen atoms in total. The average molecular weight is 475 g/mol. The number of hydrogen-bond acceptors (Lipinski definition) is 5. The van der Waals surface area contributed by atoms with E-state index >= 15 is 0 Å². The molecule has 6 heteroatoms. The minimum atomic E-state index is -0.399. The predicted octanol–water partition coefficient (Wildman–Crippen LogP) is 4.81. The number of piperidine rings is 2. The van der Waals surface area contributed by atoms with Gasteiger partial charge < -0.3 is 19.0 Å². The van der Waals surface area contributed by atoms with Crippen molar-refractivity contribution in [2.75, 3.05) is 39.9 Å². The number of para-hydroxylation sites is 1. The Hall–Kier alpha value is -2.96. The SMILES string of the molecule is COCCN(CC1CCCN2CCCCC12)C(=O)c1cccc(-c2cc3ccccc3oc2=O)c1. The number of carbonyl (C=O) groups excluding carboxylic acids is 1. The number of fused-ring (bicyclic) bond motifs is 2. The second-order valence-corrected chi connectivity index (χ2v) is 9.81. The first kappa shape index (κ1) is 23.8. The minimum absolute atomic E-state index is 0.0120. The van der Waals surface area contributed by atoms with Gasteiger partial charge in [-0.25, -0.2) is 4.79 Å². The van der Waals surface area contributed by atoms with Crippen LogP contribution in [0, 0.1) is 5.92 Å². The number of rotatable bonds is 7. The van der Waals surface area contributed by atoms with Crippen LogP contribution in [0.4, 0.5) is 0 Å². The van der Waals surface area contributed by atoms with Crippen LogP contribution in [0.1, 0.15) is 42.5 Å². The van der Waals surface area contributed by atoms with Crippen LogP contribution >= 0.6 is 0 Å². The van der Waals surface area contributed by atoms with Crippen LogP contribution in [0.2, 0.25) is 0 Å². The van der Waals surface area contributed by atoms with Gasteiger partial charge in [0.25, 0.3) is 5.91 Å². The second-order valence-electron chi connectivity index (χ2n) is 9.81. The number of hydrogen-bond donors (Lipinski definition) is 0. The Balaban J connectivity index is 1.41. The molecule has 35 heavy (non-hydrogen) atoms. The van der Waals surface area contributed by atoms with E-state index in [-0.39, 0.29) is 5.91 Å². The fourth-order valence-corrected chi connectivity index (χ4v) is 5.82. The van der Waals surface area contributed by atoms with E-state index in [9.17, 15) is 9.59 Å². The lowest BCUT2D eigenvalue weighted by molar-refractivity contribution is 0.0315. The highest BCUT2D eigenvalue weighted by molar-refractivity contribution is 5.95. The van der Waals surface area contributed by atoms with Gasteiger partial charge in [-0.3, -0.25) is 4.79 Å². The first-order valence-corrected chi connectivity index (χ1v) is 12.8. The van der Waals surface area contributed by atoms with Crippen LogP contribution in [0.15, 0.2) is 63.8 Å². The number of carbonyl (C=O) groups is 1. The Bertz CT molecular complexity index is 1230. The molecule has 0 N–H and O–H groups in total. The van der Waals surface area contributed by atoms with Crippen molar-refractivity contribution in [1.29, 1.82) is 0 Å². The summed E-state index contributed by atoms with van der Waals surface area (Å²) in [7, 11) is 1.67. The Morgan fingerprint density at radius 2 is 1.91 bits per heavy atom. The summed E-state index contributed by atoms with van der Waals surface area (Å²) in [6, 6.07) is 17.2. The maximum atomic E-state index is 13.7. The van der Waals surface area contributed by atoms with Crippen molar-refractivity contribution in [1.82, 2.24) is 9.80 Å². The zero-order valence-electron chi connectivity index (χ0n) is 20.4. The number of amides is 1. The van der Waals surface area contributed by atoms with Gasteiger partial charge in [0, 0.05) is 37.2 Å². The lowest BCUT2D eigenvalue weighted by atomic mass is 9.83. The molecule has 1 aromatic heterocycles. The van der Waals surface area contributed by atoms with E-state index in [1.807, 2.05) is 53.4 Å². The van der Waals surface area contributed by atoms with Gasteiger partial charge in [-0.2, -0.15) is 0 Å². The van der Waals surface area contributed by atoms with Gasteiger partial charge in [-0.05, 0) is 74.5 Å². The molecule has 3 heterocycles. The third-order valence-electron chi connectivity index (χ3n) is 7.60. The summed E-state index contributed by atoms with van der Waals surface area (Å²) in [6.07, 6.45) is 6.15. The summed E-state index contributed by atoms with van der Waals surface area (Å²) in [4.78, 5) is 31.0. The van der Waals surface area contributed by atoms with Gasteiger partial charge in [0.1, 0.15) is 5.58 Å². The molecule has 0 saturated carbocycles. The lowest BCUT2D eigenvalue weighted by Gasteiger charge is -2.45. The van der Waals surface area contributed by atoms with E-state index in [0.717, 1.165) is 18.4 Å². The van der Waals surface area contributed by atoms with Crippen LogP contribution in [-0.2, 0) is 4.74 Å². The van der Waals surface area contributed by atoms with E-state index in [1.165, 1.54) is 38.8 Å². The monoisotopic (exact) mass is 474 g/mol. The smallest absolute Gasteiger partial charge is 0.344 e. The molecule has 184 valence electrons. The highest BCUT2D eigenvalue weighted by Crippen LogP contribution is 2.32. The Labute approximate surface area is 206 Å². The standard InChI is InChI=1S/C29H34N2O4/c1-34-17-16-31(20-24-11-7-15-30-14-5-4-12-26(24)30)28(32)23-10-6-9-21(18-23)25-19-22-8-2-3-13-27(22)35-29(25)33/h2-3,6,8-10,13,18-19,24,26H,4-5,7,11-12,14-17,20H2,1H3. The molecule has 1 amide bonds. The fourth-order valence-electron chi connectivity index (χ4n) is 5.82. The summed E-state index contributed by atoms with van der Waals surface area (Å²) >= 11 is 0. The van der Waals surface area contributed by atoms with Crippen LogP contribution < -0.4 is 5.63 Å². The van der Waals surface area contributed by atoms with E-state index in [0.29, 0.717) is 47.4 Å². The van der Waals surface area contributed by atoms with Crippen molar-refractivity contribution in [2.45, 2.75) is 38.1 Å². The third-order valence-corrected chi connectivity index (χ3v) is 7.60. The van der Waals surface area contributed by atoms with Gasteiger partial charge >= 0.3 is 5.63 Å². The van der Waals surface area contributed by atoms with Crippen LogP contribution in [0.25, 0.3) is 22.1 Å². The predicted molar refractivity (Wildman–Crippen MR) is 138 cm³/mol. The summed E-state index contributed by atoms with van der Waals surface area (Å²) in [5, 5.41) is 0.856. The molecule has 2 aliphatic heterocycles. The maximum Gasteiger partial charge on any atom is 0.344 e. The molecule has 2 aromatic carbocycles. The van der Waals surface area contributed by atoms with Gasteiger partial charge in [-0.1, -0.05) is 36.8 Å². The van der Waals surface area contributed by atoms with Gasteiger partial charge in [-0.15, -0.1) is 0 Å². The normalized spacial score (nSPS) is 20.5. The number of methoxy groups -OCH3 is 1. The first-order chi connectivity index (χ1) is 17.1. The summed E-state index contributed by atoms with van der Waals surface area (Å²) in [6.45, 7) is 4.17. The highest BCUT2D eigenvalue weighted by atomic mass is 16.5. The first-order valence-electron chi connectivity index (χ1n) is 12.8. The summed E-state index contributed by atoms with van der Waals surface area (Å²) in [5.74, 6) is 0.475. The number of nitrogens with zero attached hydrogens (tertiary/aromatic N) is 2. The topological polar surface area (TPSA) is 63.0 Å². The highest BCUT2D eigenvalue weighted by Gasteiger charge is 2.34.